The van der Waals surface area contributed by atoms with Crippen LogP contribution in [0.2, 0.25) is 0 Å². The number of alkyl halides is 1. The van der Waals surface area contributed by atoms with E-state index in [1.807, 2.05) is 0 Å². The molecule has 1 aromatic heterocycles. The molecule has 1 aliphatic carbocycles. The van der Waals surface area contributed by atoms with Crippen molar-refractivity contribution in [3.05, 3.63) is 33.1 Å². The average Bonchev–Trinajstić information content (AvgIpc) is 2.57. The van der Waals surface area contributed by atoms with Crippen molar-refractivity contribution in [1.29, 1.82) is 0 Å². The van der Waals surface area contributed by atoms with E-state index < -0.39 is 17.4 Å². The van der Waals surface area contributed by atoms with Gasteiger partial charge in [0.15, 0.2) is 0 Å². The second-order valence-electron chi connectivity index (χ2n) is 4.20. The van der Waals surface area contributed by atoms with Crippen molar-refractivity contribution in [2.45, 2.75) is 22.5 Å². The Hall–Kier alpha value is -0.670. The number of aliphatic hydroxyl groups is 2. The summed E-state index contributed by atoms with van der Waals surface area (Å²) >= 11 is 2.07. The van der Waals surface area contributed by atoms with Gasteiger partial charge in [-0.2, -0.15) is 0 Å². The fourth-order valence-corrected chi connectivity index (χ4v) is 3.43. The van der Waals surface area contributed by atoms with Gasteiger partial charge in [-0.1, -0.05) is 22.6 Å². The summed E-state index contributed by atoms with van der Waals surface area (Å²) in [6.45, 7) is -0.102. The number of hydrogen-bond acceptors (Lipinski definition) is 4. The number of aliphatic hydroxyl groups excluding tert-OH is 2. The Morgan fingerprint density at radius 1 is 1.53 bits per heavy atom. The number of nitrogens with one attached hydrogen (secondary N) is 1. The predicted molar refractivity (Wildman–Crippen MR) is 69.4 cm³/mol. The first-order valence-electron chi connectivity index (χ1n) is 5.29. The molecule has 1 aliphatic rings. The highest BCUT2D eigenvalue weighted by molar-refractivity contribution is 14.1. The molecule has 2 rings (SSSR count). The van der Waals surface area contributed by atoms with Crippen LogP contribution in [0.3, 0.4) is 0 Å². The van der Waals surface area contributed by atoms with E-state index in [1.54, 1.807) is 0 Å². The van der Waals surface area contributed by atoms with Crippen LogP contribution < -0.4 is 11.2 Å². The zero-order valence-electron chi connectivity index (χ0n) is 8.91. The minimum atomic E-state index is -0.635. The van der Waals surface area contributed by atoms with Crippen LogP contribution in [0.4, 0.5) is 0 Å². The Balaban J connectivity index is 2.35. The Bertz CT molecular complexity index is 512. The Kier molecular flexibility index (Phi) is 3.69. The van der Waals surface area contributed by atoms with Crippen molar-refractivity contribution in [3.63, 3.8) is 0 Å². The Labute approximate surface area is 110 Å². The standard InChI is InChI=1S/C10H13IN2O4/c11-8-6(3-5(4-14)9(8)16)13-2-1-7(15)12-10(13)17/h1-2,5-6,8-9,14,16H,3-4H2,(H,12,15,17)/t5-,6-,8?,9?/m1/s1. The van der Waals surface area contributed by atoms with Crippen LogP contribution in [-0.4, -0.2) is 36.4 Å². The van der Waals surface area contributed by atoms with Gasteiger partial charge in [0, 0.05) is 24.8 Å². The summed E-state index contributed by atoms with van der Waals surface area (Å²) in [5, 5.41) is 19.0. The van der Waals surface area contributed by atoms with Crippen molar-refractivity contribution in [2.24, 2.45) is 5.92 Å². The summed E-state index contributed by atoms with van der Waals surface area (Å²) in [6.07, 6.45) is 1.32. The van der Waals surface area contributed by atoms with Crippen molar-refractivity contribution < 1.29 is 10.2 Å². The van der Waals surface area contributed by atoms with Crippen LogP contribution in [-0.2, 0) is 0 Å². The maximum absolute atomic E-state index is 11.6. The molecule has 0 aromatic carbocycles. The summed E-state index contributed by atoms with van der Waals surface area (Å²) in [5.41, 5.74) is -0.913. The molecule has 0 spiro atoms. The number of H-pyrrole nitrogens is 1. The van der Waals surface area contributed by atoms with Crippen molar-refractivity contribution in [1.82, 2.24) is 9.55 Å². The summed E-state index contributed by atoms with van der Waals surface area (Å²) in [6, 6.07) is 1.08. The Morgan fingerprint density at radius 2 is 2.24 bits per heavy atom. The molecular weight excluding hydrogens is 339 g/mol. The summed E-state index contributed by atoms with van der Waals surface area (Å²) in [5.74, 6) is -0.222. The lowest BCUT2D eigenvalue weighted by molar-refractivity contribution is 0.0960. The van der Waals surface area contributed by atoms with E-state index in [1.165, 1.54) is 16.8 Å². The van der Waals surface area contributed by atoms with Crippen molar-refractivity contribution in [2.75, 3.05) is 6.61 Å². The van der Waals surface area contributed by atoms with Gasteiger partial charge in [0.25, 0.3) is 5.56 Å². The molecule has 2 unspecified atom stereocenters. The lowest BCUT2D eigenvalue weighted by atomic mass is 10.1. The second-order valence-corrected chi connectivity index (χ2v) is 5.64. The molecule has 1 saturated carbocycles. The number of halogens is 1. The zero-order valence-corrected chi connectivity index (χ0v) is 11.1. The first kappa shape index (κ1) is 12.8. The topological polar surface area (TPSA) is 95.3 Å². The third kappa shape index (κ3) is 2.31. The van der Waals surface area contributed by atoms with Gasteiger partial charge in [-0.15, -0.1) is 0 Å². The SMILES string of the molecule is O=c1ccn([C@@H]2C[C@H](CO)C(O)C2I)c(=O)[nH]1. The molecule has 6 nitrogen and oxygen atoms in total. The smallest absolute Gasteiger partial charge is 0.328 e. The lowest BCUT2D eigenvalue weighted by Crippen LogP contribution is -2.34. The van der Waals surface area contributed by atoms with E-state index in [0.717, 1.165) is 0 Å². The number of hydrogen-bond donors (Lipinski definition) is 3. The van der Waals surface area contributed by atoms with Crippen molar-refractivity contribution in [3.8, 4) is 0 Å². The molecule has 4 atom stereocenters. The molecule has 1 aromatic rings. The molecule has 0 saturated heterocycles. The first-order valence-corrected chi connectivity index (χ1v) is 6.53. The molecule has 1 heterocycles. The fourth-order valence-electron chi connectivity index (χ4n) is 2.21. The normalized spacial score (nSPS) is 32.9. The van der Waals surface area contributed by atoms with Crippen LogP contribution in [0.1, 0.15) is 12.5 Å². The molecule has 7 heteroatoms. The maximum Gasteiger partial charge on any atom is 0.328 e. The molecule has 17 heavy (non-hydrogen) atoms. The average molecular weight is 352 g/mol. The van der Waals surface area contributed by atoms with Crippen LogP contribution in [0.5, 0.6) is 0 Å². The highest BCUT2D eigenvalue weighted by Gasteiger charge is 2.41. The molecular formula is C10H13IN2O4. The molecule has 94 valence electrons. The molecule has 0 amide bonds. The van der Waals surface area contributed by atoms with E-state index in [0.29, 0.717) is 6.42 Å². The Morgan fingerprint density at radius 3 is 2.76 bits per heavy atom. The van der Waals surface area contributed by atoms with Crippen LogP contribution in [0, 0.1) is 5.92 Å². The predicted octanol–water partition coefficient (Wildman–Crippen LogP) is -0.746. The fraction of sp³-hybridized carbons (Fsp3) is 0.600. The number of aromatic nitrogens is 2. The molecule has 0 bridgehead atoms. The van der Waals surface area contributed by atoms with E-state index in [-0.39, 0.29) is 22.5 Å². The van der Waals surface area contributed by atoms with Gasteiger partial charge in [0.05, 0.1) is 16.1 Å². The summed E-state index contributed by atoms with van der Waals surface area (Å²) in [4.78, 5) is 24.8. The lowest BCUT2D eigenvalue weighted by Gasteiger charge is -2.17. The van der Waals surface area contributed by atoms with Gasteiger partial charge in [0.2, 0.25) is 0 Å². The maximum atomic E-state index is 11.6. The van der Waals surface area contributed by atoms with E-state index in [4.69, 9.17) is 5.11 Å². The number of nitrogens with zero attached hydrogens (tertiary/aromatic N) is 1. The highest BCUT2D eigenvalue weighted by Crippen LogP contribution is 2.38. The van der Waals surface area contributed by atoms with Gasteiger partial charge in [-0.05, 0) is 6.42 Å². The van der Waals surface area contributed by atoms with E-state index in [2.05, 4.69) is 27.6 Å². The van der Waals surface area contributed by atoms with Crippen LogP contribution in [0.25, 0.3) is 0 Å². The number of aromatic amines is 1. The van der Waals surface area contributed by atoms with Crippen LogP contribution in [0.15, 0.2) is 21.9 Å². The quantitative estimate of drug-likeness (QED) is 0.482. The molecule has 0 radical (unpaired) electrons. The third-order valence-electron chi connectivity index (χ3n) is 3.16. The van der Waals surface area contributed by atoms with Crippen molar-refractivity contribution >= 4 is 22.6 Å². The molecule has 0 aliphatic heterocycles. The first-order chi connectivity index (χ1) is 8.04. The zero-order chi connectivity index (χ0) is 12.6. The monoisotopic (exact) mass is 352 g/mol. The van der Waals surface area contributed by atoms with Crippen LogP contribution >= 0.6 is 22.6 Å². The summed E-state index contributed by atoms with van der Waals surface area (Å²) < 4.78 is 1.26. The highest BCUT2D eigenvalue weighted by atomic mass is 127. The second kappa shape index (κ2) is 4.91. The molecule has 1 fully saturated rings. The van der Waals surface area contributed by atoms with E-state index in [9.17, 15) is 14.7 Å². The minimum absolute atomic E-state index is 0.102. The van der Waals surface area contributed by atoms with Gasteiger partial charge in [-0.3, -0.25) is 14.3 Å². The largest absolute Gasteiger partial charge is 0.396 e. The molecule has 3 N–H and O–H groups in total. The van der Waals surface area contributed by atoms with Gasteiger partial charge in [-0.25, -0.2) is 4.79 Å². The van der Waals surface area contributed by atoms with Gasteiger partial charge < -0.3 is 10.2 Å². The number of rotatable bonds is 2. The van der Waals surface area contributed by atoms with Gasteiger partial charge >= 0.3 is 5.69 Å². The summed E-state index contributed by atoms with van der Waals surface area (Å²) in [7, 11) is 0. The van der Waals surface area contributed by atoms with Gasteiger partial charge in [0.1, 0.15) is 0 Å². The third-order valence-corrected chi connectivity index (χ3v) is 4.73. The van der Waals surface area contributed by atoms with E-state index >= 15 is 0 Å². The minimum Gasteiger partial charge on any atom is -0.396 e.